The predicted molar refractivity (Wildman–Crippen MR) is 82.3 cm³/mol. The van der Waals surface area contributed by atoms with Crippen LogP contribution in [0.5, 0.6) is 0 Å². The molecule has 1 saturated heterocycles. The third-order valence-corrected chi connectivity index (χ3v) is 4.70. The highest BCUT2D eigenvalue weighted by Crippen LogP contribution is 2.17. The Bertz CT molecular complexity index is 475. The molecule has 1 aromatic rings. The van der Waals surface area contributed by atoms with Crippen LogP contribution in [0.25, 0.3) is 0 Å². The van der Waals surface area contributed by atoms with E-state index in [1.807, 2.05) is 11.4 Å². The second-order valence-electron chi connectivity index (χ2n) is 5.39. The number of hydrogen-bond donors (Lipinski definition) is 2. The molecule has 2 rings (SSSR count). The van der Waals surface area contributed by atoms with Crippen molar-refractivity contribution in [1.82, 2.24) is 10.2 Å². The molecule has 2 amide bonds. The summed E-state index contributed by atoms with van der Waals surface area (Å²) in [6.45, 7) is 2.34. The number of nitrogens with one attached hydrogen (secondary N) is 1. The highest BCUT2D eigenvalue weighted by Gasteiger charge is 2.29. The van der Waals surface area contributed by atoms with Crippen molar-refractivity contribution >= 4 is 23.2 Å². The van der Waals surface area contributed by atoms with E-state index in [1.165, 1.54) is 11.3 Å². The Balaban J connectivity index is 1.98. The monoisotopic (exact) mass is 310 g/mol. The number of carbonyl (C=O) groups is 2. The Morgan fingerprint density at radius 2 is 2.29 bits per heavy atom. The smallest absolute Gasteiger partial charge is 0.261 e. The molecular formula is C15H22N2O3S. The minimum absolute atomic E-state index is 0.0165. The Morgan fingerprint density at radius 3 is 2.95 bits per heavy atom. The SMILES string of the molecule is CC(NC(=O)c1cccs1)C(=O)N1CCCCCC1CO. The predicted octanol–water partition coefficient (Wildman–Crippen LogP) is 1.63. The van der Waals surface area contributed by atoms with Crippen LogP contribution in [0.3, 0.4) is 0 Å². The number of nitrogens with zero attached hydrogens (tertiary/aromatic N) is 1. The molecule has 0 spiro atoms. The van der Waals surface area contributed by atoms with Gasteiger partial charge in [0.25, 0.3) is 5.91 Å². The summed E-state index contributed by atoms with van der Waals surface area (Å²) in [5.41, 5.74) is 0. The number of thiophene rings is 1. The van der Waals surface area contributed by atoms with Crippen molar-refractivity contribution in [1.29, 1.82) is 0 Å². The summed E-state index contributed by atoms with van der Waals surface area (Å²) in [4.78, 5) is 26.9. The lowest BCUT2D eigenvalue weighted by Gasteiger charge is -2.31. The number of rotatable bonds is 4. The van der Waals surface area contributed by atoms with Gasteiger partial charge in [-0.05, 0) is 31.2 Å². The van der Waals surface area contributed by atoms with Gasteiger partial charge in [0.05, 0.1) is 17.5 Å². The first-order valence-electron chi connectivity index (χ1n) is 7.39. The first kappa shape index (κ1) is 16.0. The van der Waals surface area contributed by atoms with E-state index in [0.29, 0.717) is 11.4 Å². The number of carbonyl (C=O) groups excluding carboxylic acids is 2. The fraction of sp³-hybridized carbons (Fsp3) is 0.600. The Kier molecular flexibility index (Phi) is 5.76. The van der Waals surface area contributed by atoms with E-state index in [1.54, 1.807) is 17.9 Å². The molecule has 0 bridgehead atoms. The zero-order valence-electron chi connectivity index (χ0n) is 12.2. The standard InChI is InChI=1S/C15H22N2O3S/c1-11(16-14(19)13-7-5-9-21-13)15(20)17-8-4-2-3-6-12(17)10-18/h5,7,9,11-12,18H,2-4,6,8,10H2,1H3,(H,16,19). The molecule has 0 aromatic carbocycles. The Morgan fingerprint density at radius 1 is 1.48 bits per heavy atom. The minimum Gasteiger partial charge on any atom is -0.394 e. The van der Waals surface area contributed by atoms with Gasteiger partial charge in [-0.15, -0.1) is 11.3 Å². The van der Waals surface area contributed by atoms with E-state index in [0.717, 1.165) is 25.7 Å². The fourth-order valence-corrected chi connectivity index (χ4v) is 3.27. The number of aliphatic hydroxyl groups excluding tert-OH is 1. The zero-order valence-corrected chi connectivity index (χ0v) is 13.1. The summed E-state index contributed by atoms with van der Waals surface area (Å²) in [7, 11) is 0. The van der Waals surface area contributed by atoms with Gasteiger partial charge < -0.3 is 15.3 Å². The summed E-state index contributed by atoms with van der Waals surface area (Å²) >= 11 is 1.35. The molecule has 116 valence electrons. The molecule has 1 aliphatic heterocycles. The van der Waals surface area contributed by atoms with Gasteiger partial charge in [0.1, 0.15) is 6.04 Å². The van der Waals surface area contributed by atoms with E-state index in [4.69, 9.17) is 0 Å². The van der Waals surface area contributed by atoms with Crippen LogP contribution in [-0.4, -0.2) is 47.1 Å². The Hall–Kier alpha value is -1.40. The molecule has 0 aliphatic carbocycles. The number of amides is 2. The minimum atomic E-state index is -0.577. The summed E-state index contributed by atoms with van der Waals surface area (Å²) in [6.07, 6.45) is 3.89. The van der Waals surface area contributed by atoms with Gasteiger partial charge in [0.2, 0.25) is 5.91 Å². The molecule has 2 unspecified atom stereocenters. The number of hydrogen-bond acceptors (Lipinski definition) is 4. The van der Waals surface area contributed by atoms with Crippen molar-refractivity contribution in [3.05, 3.63) is 22.4 Å². The molecule has 5 nitrogen and oxygen atoms in total. The molecule has 0 saturated carbocycles. The van der Waals surface area contributed by atoms with E-state index < -0.39 is 6.04 Å². The zero-order chi connectivity index (χ0) is 15.2. The van der Waals surface area contributed by atoms with Crippen LogP contribution in [-0.2, 0) is 4.79 Å². The summed E-state index contributed by atoms with van der Waals surface area (Å²) in [5.74, 6) is -0.331. The van der Waals surface area contributed by atoms with Gasteiger partial charge >= 0.3 is 0 Å². The summed E-state index contributed by atoms with van der Waals surface area (Å²) < 4.78 is 0. The number of aliphatic hydroxyl groups is 1. The van der Waals surface area contributed by atoms with Crippen LogP contribution in [0, 0.1) is 0 Å². The van der Waals surface area contributed by atoms with Crippen molar-refractivity contribution in [3.8, 4) is 0 Å². The molecule has 1 fully saturated rings. The molecule has 21 heavy (non-hydrogen) atoms. The molecule has 0 radical (unpaired) electrons. The molecule has 6 heteroatoms. The third kappa shape index (κ3) is 4.04. The Labute approximate surface area is 129 Å². The van der Waals surface area contributed by atoms with Crippen molar-refractivity contribution < 1.29 is 14.7 Å². The highest BCUT2D eigenvalue weighted by atomic mass is 32.1. The van der Waals surface area contributed by atoms with Gasteiger partial charge in [-0.1, -0.05) is 18.9 Å². The van der Waals surface area contributed by atoms with Crippen LogP contribution in [0.15, 0.2) is 17.5 Å². The van der Waals surface area contributed by atoms with Crippen LogP contribution >= 0.6 is 11.3 Å². The molecule has 2 N–H and O–H groups in total. The first-order chi connectivity index (χ1) is 10.1. The van der Waals surface area contributed by atoms with Gasteiger partial charge in [0.15, 0.2) is 0 Å². The van der Waals surface area contributed by atoms with Crippen LogP contribution < -0.4 is 5.32 Å². The van der Waals surface area contributed by atoms with Crippen molar-refractivity contribution in [2.45, 2.75) is 44.7 Å². The normalized spacial score (nSPS) is 20.7. The average molecular weight is 310 g/mol. The van der Waals surface area contributed by atoms with Crippen molar-refractivity contribution in [2.24, 2.45) is 0 Å². The second kappa shape index (κ2) is 7.56. The molecule has 2 heterocycles. The van der Waals surface area contributed by atoms with E-state index in [2.05, 4.69) is 5.32 Å². The first-order valence-corrected chi connectivity index (χ1v) is 8.27. The van der Waals surface area contributed by atoms with Gasteiger partial charge in [0, 0.05) is 6.54 Å². The average Bonchev–Trinajstić information content (AvgIpc) is 2.91. The second-order valence-corrected chi connectivity index (χ2v) is 6.34. The maximum atomic E-state index is 12.5. The molecule has 1 aliphatic rings. The summed E-state index contributed by atoms with van der Waals surface area (Å²) in [5, 5.41) is 14.0. The lowest BCUT2D eigenvalue weighted by Crippen LogP contribution is -2.51. The van der Waals surface area contributed by atoms with Crippen LogP contribution in [0.4, 0.5) is 0 Å². The lowest BCUT2D eigenvalue weighted by atomic mass is 10.1. The quantitative estimate of drug-likeness (QED) is 0.888. The topological polar surface area (TPSA) is 69.6 Å². The van der Waals surface area contributed by atoms with Gasteiger partial charge in [-0.2, -0.15) is 0 Å². The van der Waals surface area contributed by atoms with Gasteiger partial charge in [-0.25, -0.2) is 0 Å². The van der Waals surface area contributed by atoms with E-state index in [9.17, 15) is 14.7 Å². The fourth-order valence-electron chi connectivity index (χ4n) is 2.64. The molecule has 2 atom stereocenters. The maximum absolute atomic E-state index is 12.5. The van der Waals surface area contributed by atoms with Gasteiger partial charge in [-0.3, -0.25) is 9.59 Å². The molecule has 1 aromatic heterocycles. The van der Waals surface area contributed by atoms with Crippen LogP contribution in [0.2, 0.25) is 0 Å². The highest BCUT2D eigenvalue weighted by molar-refractivity contribution is 7.12. The summed E-state index contributed by atoms with van der Waals surface area (Å²) in [6, 6.07) is 2.84. The third-order valence-electron chi connectivity index (χ3n) is 3.83. The molecular weight excluding hydrogens is 288 g/mol. The number of likely N-dealkylation sites (tertiary alicyclic amines) is 1. The van der Waals surface area contributed by atoms with Crippen LogP contribution in [0.1, 0.15) is 42.3 Å². The lowest BCUT2D eigenvalue weighted by molar-refractivity contribution is -0.136. The van der Waals surface area contributed by atoms with E-state index in [-0.39, 0.29) is 24.5 Å². The van der Waals surface area contributed by atoms with Crippen molar-refractivity contribution in [2.75, 3.05) is 13.2 Å². The van der Waals surface area contributed by atoms with E-state index >= 15 is 0 Å². The maximum Gasteiger partial charge on any atom is 0.261 e. The largest absolute Gasteiger partial charge is 0.394 e. The van der Waals surface area contributed by atoms with Crippen molar-refractivity contribution in [3.63, 3.8) is 0 Å².